The molecule has 3 aromatic rings. The molecule has 7 heteroatoms. The van der Waals surface area contributed by atoms with Crippen LogP contribution in [0, 0.1) is 13.8 Å². The molecular weight excluding hydrogens is 322 g/mol. The van der Waals surface area contributed by atoms with Crippen molar-refractivity contribution in [1.29, 1.82) is 0 Å². The maximum absolute atomic E-state index is 12.6. The number of aryl methyl sites for hydroxylation is 2. The smallest absolute Gasteiger partial charge is 0.441 e. The van der Waals surface area contributed by atoms with Gasteiger partial charge in [0.25, 0.3) is 0 Å². The lowest BCUT2D eigenvalue weighted by atomic mass is 10.1. The number of anilines is 1. The average molecular weight is 340 g/mol. The predicted molar refractivity (Wildman–Crippen MR) is 91.3 cm³/mol. The number of amides is 1. The summed E-state index contributed by atoms with van der Waals surface area (Å²) < 4.78 is 11.2. The van der Waals surface area contributed by atoms with Gasteiger partial charge in [0, 0.05) is 17.8 Å². The van der Waals surface area contributed by atoms with E-state index in [2.05, 4.69) is 10.6 Å². The van der Waals surface area contributed by atoms with Gasteiger partial charge in [0.15, 0.2) is 0 Å². The molecule has 2 N–H and O–H groups in total. The van der Waals surface area contributed by atoms with Crippen LogP contribution < -0.4 is 20.4 Å². The number of carbonyl (C=O) groups is 1. The van der Waals surface area contributed by atoms with E-state index in [4.69, 9.17) is 9.26 Å². The first-order valence-electron chi connectivity index (χ1n) is 7.66. The average Bonchev–Trinajstić information content (AvgIpc) is 3.00. The van der Waals surface area contributed by atoms with E-state index in [-0.39, 0.29) is 5.69 Å². The van der Waals surface area contributed by atoms with Gasteiger partial charge in [0.05, 0.1) is 7.11 Å². The fourth-order valence-corrected chi connectivity index (χ4v) is 2.39. The normalized spacial score (nSPS) is 10.5. The van der Waals surface area contributed by atoms with Crippen molar-refractivity contribution in [3.8, 4) is 11.4 Å². The Morgan fingerprint density at radius 2 is 1.84 bits per heavy atom. The van der Waals surface area contributed by atoms with Crippen molar-refractivity contribution in [3.63, 3.8) is 0 Å². The molecule has 0 aliphatic carbocycles. The van der Waals surface area contributed by atoms with E-state index in [0.29, 0.717) is 17.1 Å². The fourth-order valence-electron chi connectivity index (χ4n) is 2.39. The van der Waals surface area contributed by atoms with Gasteiger partial charge in [-0.05, 0) is 59.2 Å². The van der Waals surface area contributed by atoms with Gasteiger partial charge in [-0.25, -0.2) is 4.79 Å². The summed E-state index contributed by atoms with van der Waals surface area (Å²) in [5, 5.41) is 5.16. The van der Waals surface area contributed by atoms with Crippen LogP contribution in [-0.2, 0) is 0 Å². The molecule has 0 spiro atoms. The summed E-state index contributed by atoms with van der Waals surface area (Å²) in [7, 11) is 1.56. The number of carbonyl (C=O) groups excluding carboxylic acids is 1. The molecule has 0 aliphatic heterocycles. The second kappa shape index (κ2) is 6.64. The minimum Gasteiger partial charge on any atom is -0.497 e. The SMILES string of the molecule is COc1ccc(-[n+]2[nH]oc(=O)c2C(=O)Nc2ccc(C)c(C)c2)cc1. The number of aromatic amines is 1. The van der Waals surface area contributed by atoms with Crippen molar-refractivity contribution in [2.75, 3.05) is 12.4 Å². The highest BCUT2D eigenvalue weighted by molar-refractivity contribution is 6.01. The summed E-state index contributed by atoms with van der Waals surface area (Å²) in [6, 6.07) is 12.4. The standard InChI is InChI=1S/C18H17N3O4/c1-11-4-5-13(10-12(11)2)19-17(22)16-18(23)25-20-21(16)14-6-8-15(24-3)9-7-14/h4-10H,1-3H3,(H-,19,20,22,23)/p+1. The molecule has 1 heterocycles. The van der Waals surface area contributed by atoms with E-state index in [1.807, 2.05) is 26.0 Å². The van der Waals surface area contributed by atoms with Crippen molar-refractivity contribution < 1.29 is 18.7 Å². The molecule has 7 nitrogen and oxygen atoms in total. The van der Waals surface area contributed by atoms with Crippen LogP contribution in [0.3, 0.4) is 0 Å². The van der Waals surface area contributed by atoms with Gasteiger partial charge in [-0.3, -0.25) is 9.32 Å². The number of aromatic nitrogens is 2. The van der Waals surface area contributed by atoms with E-state index in [9.17, 15) is 9.59 Å². The third-order valence-corrected chi connectivity index (χ3v) is 3.96. The molecule has 0 unspecified atom stereocenters. The molecule has 0 atom stereocenters. The highest BCUT2D eigenvalue weighted by Gasteiger charge is 2.30. The number of benzene rings is 2. The Morgan fingerprint density at radius 3 is 2.48 bits per heavy atom. The Labute approximate surface area is 143 Å². The highest BCUT2D eigenvalue weighted by Crippen LogP contribution is 2.15. The van der Waals surface area contributed by atoms with Crippen molar-refractivity contribution in [3.05, 3.63) is 69.7 Å². The number of methoxy groups -OCH3 is 1. The molecular formula is C18H18N3O4+. The quantitative estimate of drug-likeness (QED) is 0.712. The van der Waals surface area contributed by atoms with E-state index < -0.39 is 11.5 Å². The Bertz CT molecular complexity index is 971. The van der Waals surface area contributed by atoms with Gasteiger partial charge < -0.3 is 10.1 Å². The van der Waals surface area contributed by atoms with Crippen LogP contribution >= 0.6 is 0 Å². The first-order valence-corrected chi connectivity index (χ1v) is 7.66. The Kier molecular flexibility index (Phi) is 4.38. The summed E-state index contributed by atoms with van der Waals surface area (Å²) in [6.45, 7) is 3.94. The molecule has 0 radical (unpaired) electrons. The molecule has 0 fully saturated rings. The first-order chi connectivity index (χ1) is 12.0. The number of nitrogens with one attached hydrogen (secondary N) is 2. The number of rotatable bonds is 4. The molecule has 25 heavy (non-hydrogen) atoms. The molecule has 0 saturated heterocycles. The molecule has 0 saturated carbocycles. The summed E-state index contributed by atoms with van der Waals surface area (Å²) in [5.74, 6) is 0.102. The van der Waals surface area contributed by atoms with Crippen LogP contribution in [0.4, 0.5) is 5.69 Å². The topological polar surface area (TPSA) is 88.2 Å². The number of H-pyrrole nitrogens is 1. The third kappa shape index (κ3) is 3.30. The van der Waals surface area contributed by atoms with Crippen molar-refractivity contribution in [1.82, 2.24) is 5.27 Å². The van der Waals surface area contributed by atoms with Crippen molar-refractivity contribution in [2.45, 2.75) is 13.8 Å². The van der Waals surface area contributed by atoms with Crippen molar-refractivity contribution >= 4 is 11.6 Å². The van der Waals surface area contributed by atoms with Crippen LogP contribution in [-0.4, -0.2) is 18.3 Å². The molecule has 1 amide bonds. The predicted octanol–water partition coefficient (Wildman–Crippen LogP) is 2.12. The van der Waals surface area contributed by atoms with E-state index in [0.717, 1.165) is 11.1 Å². The first kappa shape index (κ1) is 16.5. The summed E-state index contributed by atoms with van der Waals surface area (Å²) in [6.07, 6.45) is 0. The molecule has 128 valence electrons. The van der Waals surface area contributed by atoms with Crippen LogP contribution in [0.25, 0.3) is 5.69 Å². The van der Waals surface area contributed by atoms with Gasteiger partial charge in [-0.1, -0.05) is 6.07 Å². The number of nitrogens with zero attached hydrogens (tertiary/aromatic N) is 1. The van der Waals surface area contributed by atoms with E-state index in [1.165, 1.54) is 4.68 Å². The zero-order chi connectivity index (χ0) is 18.0. The maximum atomic E-state index is 12.6. The van der Waals surface area contributed by atoms with Crippen LogP contribution in [0.2, 0.25) is 0 Å². The molecule has 2 aromatic carbocycles. The lowest BCUT2D eigenvalue weighted by molar-refractivity contribution is -0.672. The highest BCUT2D eigenvalue weighted by atomic mass is 16.5. The lowest BCUT2D eigenvalue weighted by Gasteiger charge is -2.05. The van der Waals surface area contributed by atoms with Gasteiger partial charge in [-0.15, -0.1) is 0 Å². The monoisotopic (exact) mass is 340 g/mol. The lowest BCUT2D eigenvalue weighted by Crippen LogP contribution is -2.42. The molecule has 0 aliphatic rings. The van der Waals surface area contributed by atoms with Gasteiger partial charge in [0.2, 0.25) is 5.69 Å². The third-order valence-electron chi connectivity index (χ3n) is 3.96. The Balaban J connectivity index is 1.93. The number of hydrogen-bond donors (Lipinski definition) is 2. The van der Waals surface area contributed by atoms with E-state index >= 15 is 0 Å². The van der Waals surface area contributed by atoms with Crippen LogP contribution in [0.5, 0.6) is 5.75 Å². The zero-order valence-electron chi connectivity index (χ0n) is 14.1. The molecule has 0 bridgehead atoms. The van der Waals surface area contributed by atoms with Gasteiger partial charge in [-0.2, -0.15) is 0 Å². The molecule has 1 aromatic heterocycles. The fraction of sp³-hybridized carbons (Fsp3) is 0.167. The van der Waals surface area contributed by atoms with Crippen molar-refractivity contribution in [2.24, 2.45) is 0 Å². The second-order valence-corrected chi connectivity index (χ2v) is 5.62. The van der Waals surface area contributed by atoms with Crippen LogP contribution in [0.15, 0.2) is 51.8 Å². The number of hydrogen-bond acceptors (Lipinski definition) is 4. The summed E-state index contributed by atoms with van der Waals surface area (Å²) >= 11 is 0. The summed E-state index contributed by atoms with van der Waals surface area (Å²) in [4.78, 5) is 24.6. The van der Waals surface area contributed by atoms with E-state index in [1.54, 1.807) is 37.4 Å². The minimum absolute atomic E-state index is 0.150. The Morgan fingerprint density at radius 1 is 1.12 bits per heavy atom. The zero-order valence-corrected chi connectivity index (χ0v) is 14.1. The minimum atomic E-state index is -0.753. The second-order valence-electron chi connectivity index (χ2n) is 5.62. The van der Waals surface area contributed by atoms with Gasteiger partial charge in [0.1, 0.15) is 5.75 Å². The maximum Gasteiger partial charge on any atom is 0.441 e. The summed E-state index contributed by atoms with van der Waals surface area (Å²) in [5.41, 5.74) is 2.43. The largest absolute Gasteiger partial charge is 0.497 e. The molecule has 3 rings (SSSR count). The van der Waals surface area contributed by atoms with Crippen LogP contribution in [0.1, 0.15) is 21.6 Å². The Hall–Kier alpha value is -3.35. The van der Waals surface area contributed by atoms with Gasteiger partial charge >= 0.3 is 17.2 Å². The number of ether oxygens (including phenoxy) is 1.